The second kappa shape index (κ2) is 7.68. The summed E-state index contributed by atoms with van der Waals surface area (Å²) in [6.45, 7) is 2.12. The zero-order valence-electron chi connectivity index (χ0n) is 15.0. The van der Waals surface area contributed by atoms with Gasteiger partial charge < -0.3 is 9.47 Å². The van der Waals surface area contributed by atoms with Crippen LogP contribution in [0.4, 0.5) is 0 Å². The van der Waals surface area contributed by atoms with E-state index in [4.69, 9.17) is 4.74 Å². The number of benzene rings is 1. The van der Waals surface area contributed by atoms with E-state index in [1.54, 1.807) is 16.7 Å². The van der Waals surface area contributed by atoms with Crippen LogP contribution in [-0.4, -0.2) is 34.7 Å². The lowest BCUT2D eigenvalue weighted by molar-refractivity contribution is -0.149. The van der Waals surface area contributed by atoms with Crippen molar-refractivity contribution in [3.05, 3.63) is 39.9 Å². The summed E-state index contributed by atoms with van der Waals surface area (Å²) in [4.78, 5) is 41.0. The van der Waals surface area contributed by atoms with E-state index < -0.39 is 18.0 Å². The first-order valence-corrected chi connectivity index (χ1v) is 8.83. The van der Waals surface area contributed by atoms with Gasteiger partial charge in [-0.15, -0.1) is 0 Å². The molecule has 0 radical (unpaired) electrons. The van der Waals surface area contributed by atoms with Crippen LogP contribution >= 0.6 is 0 Å². The van der Waals surface area contributed by atoms with Gasteiger partial charge in [0.05, 0.1) is 23.6 Å². The summed E-state index contributed by atoms with van der Waals surface area (Å²) in [5, 5.41) is 0.479. The summed E-state index contributed by atoms with van der Waals surface area (Å²) < 4.78 is 11.4. The van der Waals surface area contributed by atoms with Crippen molar-refractivity contribution in [2.75, 3.05) is 7.11 Å². The van der Waals surface area contributed by atoms with Crippen LogP contribution in [-0.2, 0) is 27.2 Å². The maximum Gasteiger partial charge on any atom is 0.346 e. The average Bonchev–Trinajstić information content (AvgIpc) is 2.62. The summed E-state index contributed by atoms with van der Waals surface area (Å²) >= 11 is 0. The summed E-state index contributed by atoms with van der Waals surface area (Å²) in [7, 11) is 1.23. The van der Waals surface area contributed by atoms with Crippen LogP contribution in [0.2, 0.25) is 0 Å². The highest BCUT2D eigenvalue weighted by molar-refractivity contribution is 5.95. The number of nitrogens with zero attached hydrogens (tertiary/aromatic N) is 2. The number of ether oxygens (including phenoxy) is 2. The lowest BCUT2D eigenvalue weighted by atomic mass is 10.1. The van der Waals surface area contributed by atoms with Gasteiger partial charge in [0, 0.05) is 13.0 Å². The van der Waals surface area contributed by atoms with Crippen LogP contribution in [0.5, 0.6) is 0 Å². The van der Waals surface area contributed by atoms with Crippen LogP contribution in [0.1, 0.15) is 48.8 Å². The van der Waals surface area contributed by atoms with Crippen molar-refractivity contribution in [1.82, 2.24) is 9.55 Å². The van der Waals surface area contributed by atoms with Crippen molar-refractivity contribution in [2.24, 2.45) is 0 Å². The Labute approximate surface area is 150 Å². The molecule has 0 saturated carbocycles. The largest absolute Gasteiger partial charge is 0.466 e. The van der Waals surface area contributed by atoms with E-state index in [1.165, 1.54) is 20.1 Å². The van der Waals surface area contributed by atoms with Gasteiger partial charge in [-0.3, -0.25) is 9.36 Å². The fraction of sp³-hybridized carbons (Fsp3) is 0.474. The van der Waals surface area contributed by atoms with Gasteiger partial charge >= 0.3 is 11.9 Å². The van der Waals surface area contributed by atoms with E-state index in [2.05, 4.69) is 9.72 Å². The molecule has 1 atom stereocenters. The quantitative estimate of drug-likeness (QED) is 0.782. The lowest BCUT2D eigenvalue weighted by Gasteiger charge is -2.16. The van der Waals surface area contributed by atoms with E-state index in [0.717, 1.165) is 37.9 Å². The molecular weight excluding hydrogens is 336 g/mol. The third-order valence-electron chi connectivity index (χ3n) is 4.62. The standard InChI is InChI=1S/C19H22N2O5/c1-12(18(23)25-2)26-19(24)13-8-9-14-15(11-13)20-16-7-5-3-4-6-10-21(16)17(14)22/h8-9,11-12H,3-7,10H2,1-2H3. The minimum Gasteiger partial charge on any atom is -0.466 e. The second-order valence-electron chi connectivity index (χ2n) is 6.45. The number of aromatic nitrogens is 2. The van der Waals surface area contributed by atoms with Crippen molar-refractivity contribution in [1.29, 1.82) is 0 Å². The molecule has 2 aromatic rings. The topological polar surface area (TPSA) is 87.5 Å². The zero-order chi connectivity index (χ0) is 18.7. The molecule has 1 aromatic heterocycles. The number of esters is 2. The molecule has 7 heteroatoms. The SMILES string of the molecule is COC(=O)C(C)OC(=O)c1ccc2c(=O)n3c(nc2c1)CCCCCC3. The number of carbonyl (C=O) groups is 2. The minimum atomic E-state index is -1.00. The van der Waals surface area contributed by atoms with Gasteiger partial charge in [0.1, 0.15) is 5.82 Å². The Kier molecular flexibility index (Phi) is 5.35. The van der Waals surface area contributed by atoms with Gasteiger partial charge in [-0.05, 0) is 38.0 Å². The van der Waals surface area contributed by atoms with Crippen LogP contribution in [0.25, 0.3) is 10.9 Å². The molecule has 0 bridgehead atoms. The van der Waals surface area contributed by atoms with E-state index in [1.807, 2.05) is 0 Å². The van der Waals surface area contributed by atoms with Crippen LogP contribution in [0.15, 0.2) is 23.0 Å². The molecule has 0 spiro atoms. The zero-order valence-corrected chi connectivity index (χ0v) is 15.0. The van der Waals surface area contributed by atoms with Gasteiger partial charge in [0.15, 0.2) is 6.10 Å². The minimum absolute atomic E-state index is 0.0743. The van der Waals surface area contributed by atoms with E-state index in [0.29, 0.717) is 17.4 Å². The Bertz CT molecular complexity index is 903. The molecule has 0 saturated heterocycles. The Hall–Kier alpha value is -2.70. The molecule has 2 heterocycles. The summed E-state index contributed by atoms with van der Waals surface area (Å²) in [6.07, 6.45) is 3.96. The average molecular weight is 358 g/mol. The van der Waals surface area contributed by atoms with Crippen molar-refractivity contribution >= 4 is 22.8 Å². The van der Waals surface area contributed by atoms with Crippen molar-refractivity contribution < 1.29 is 19.1 Å². The molecule has 0 N–H and O–H groups in total. The van der Waals surface area contributed by atoms with Crippen molar-refractivity contribution in [2.45, 2.75) is 51.7 Å². The molecule has 1 aromatic carbocycles. The Balaban J connectivity index is 1.95. The maximum atomic E-state index is 12.8. The molecular formula is C19H22N2O5. The van der Waals surface area contributed by atoms with E-state index in [9.17, 15) is 14.4 Å². The van der Waals surface area contributed by atoms with Gasteiger partial charge in [0.2, 0.25) is 0 Å². The third kappa shape index (κ3) is 3.61. The Morgan fingerprint density at radius 2 is 1.96 bits per heavy atom. The first-order chi connectivity index (χ1) is 12.5. The molecule has 0 fully saturated rings. The number of methoxy groups -OCH3 is 1. The number of carbonyl (C=O) groups excluding carboxylic acids is 2. The number of hydrogen-bond donors (Lipinski definition) is 0. The van der Waals surface area contributed by atoms with Crippen molar-refractivity contribution in [3.63, 3.8) is 0 Å². The highest BCUT2D eigenvalue weighted by atomic mass is 16.6. The Morgan fingerprint density at radius 1 is 1.19 bits per heavy atom. The molecule has 1 aliphatic rings. The number of rotatable bonds is 3. The number of hydrogen-bond acceptors (Lipinski definition) is 6. The van der Waals surface area contributed by atoms with Gasteiger partial charge in [-0.1, -0.05) is 12.8 Å². The molecule has 3 rings (SSSR count). The monoisotopic (exact) mass is 358 g/mol. The van der Waals surface area contributed by atoms with Gasteiger partial charge in [0.25, 0.3) is 5.56 Å². The van der Waals surface area contributed by atoms with Gasteiger partial charge in [-0.2, -0.15) is 0 Å². The normalized spacial score (nSPS) is 15.5. The third-order valence-corrected chi connectivity index (χ3v) is 4.62. The highest BCUT2D eigenvalue weighted by Gasteiger charge is 2.20. The molecule has 138 valence electrons. The summed E-state index contributed by atoms with van der Waals surface area (Å²) in [5.74, 6) is -0.522. The molecule has 0 amide bonds. The molecule has 1 unspecified atom stereocenters. The van der Waals surface area contributed by atoms with Crippen LogP contribution in [0.3, 0.4) is 0 Å². The maximum absolute atomic E-state index is 12.8. The molecule has 7 nitrogen and oxygen atoms in total. The lowest BCUT2D eigenvalue weighted by Crippen LogP contribution is -2.27. The fourth-order valence-corrected chi connectivity index (χ4v) is 3.16. The summed E-state index contributed by atoms with van der Waals surface area (Å²) in [5.41, 5.74) is 0.646. The second-order valence-corrected chi connectivity index (χ2v) is 6.45. The van der Waals surface area contributed by atoms with Gasteiger partial charge in [-0.25, -0.2) is 14.6 Å². The van der Waals surface area contributed by atoms with E-state index in [-0.39, 0.29) is 11.1 Å². The highest BCUT2D eigenvalue weighted by Crippen LogP contribution is 2.17. The van der Waals surface area contributed by atoms with Crippen LogP contribution in [0, 0.1) is 0 Å². The predicted octanol–water partition coefficient (Wildman–Crippen LogP) is 2.23. The molecule has 1 aliphatic heterocycles. The molecule has 0 aliphatic carbocycles. The first kappa shape index (κ1) is 18.1. The Morgan fingerprint density at radius 3 is 2.73 bits per heavy atom. The predicted molar refractivity (Wildman–Crippen MR) is 95.1 cm³/mol. The van der Waals surface area contributed by atoms with Crippen molar-refractivity contribution in [3.8, 4) is 0 Å². The van der Waals surface area contributed by atoms with Crippen LogP contribution < -0.4 is 5.56 Å². The fourth-order valence-electron chi connectivity index (χ4n) is 3.16. The summed E-state index contributed by atoms with van der Waals surface area (Å²) in [6, 6.07) is 4.66. The first-order valence-electron chi connectivity index (χ1n) is 8.83. The van der Waals surface area contributed by atoms with E-state index >= 15 is 0 Å². The number of aryl methyl sites for hydroxylation is 1. The number of fused-ring (bicyclic) bond motifs is 2. The molecule has 26 heavy (non-hydrogen) atoms. The smallest absolute Gasteiger partial charge is 0.346 e.